The van der Waals surface area contributed by atoms with E-state index >= 15 is 0 Å². The molecule has 2 atom stereocenters. The average Bonchev–Trinajstić information content (AvgIpc) is 2.73. The van der Waals surface area contributed by atoms with Gasteiger partial charge < -0.3 is 36.6 Å². The van der Waals surface area contributed by atoms with E-state index in [0.717, 1.165) is 0 Å². The summed E-state index contributed by atoms with van der Waals surface area (Å²) >= 11 is 0. The van der Waals surface area contributed by atoms with Crippen molar-refractivity contribution in [2.75, 3.05) is 13.1 Å². The number of urea groups is 2. The number of carbonyl (C=O) groups excluding carboxylic acids is 2. The van der Waals surface area contributed by atoms with E-state index in [9.17, 15) is 29.1 Å². The van der Waals surface area contributed by atoms with E-state index in [1.807, 2.05) is 19.1 Å². The van der Waals surface area contributed by atoms with E-state index in [0.29, 0.717) is 18.4 Å². The molecule has 12 heteroatoms. The molecule has 0 aliphatic heterocycles. The molecule has 4 amide bonds. The van der Waals surface area contributed by atoms with Gasteiger partial charge in [-0.2, -0.15) is 0 Å². The van der Waals surface area contributed by atoms with Crippen LogP contribution in [0.1, 0.15) is 39.0 Å². The predicted octanol–water partition coefficient (Wildman–Crippen LogP) is 1.21. The molecule has 0 radical (unpaired) electrons. The van der Waals surface area contributed by atoms with Crippen molar-refractivity contribution in [2.24, 2.45) is 0 Å². The molecule has 0 saturated carbocycles. The fraction of sp³-hybridized carbons (Fsp3) is 0.476. The molecule has 0 aliphatic rings. The summed E-state index contributed by atoms with van der Waals surface area (Å²) < 4.78 is 0. The van der Waals surface area contributed by atoms with Crippen molar-refractivity contribution in [3.8, 4) is 0 Å². The van der Waals surface area contributed by atoms with Gasteiger partial charge in [0.1, 0.15) is 12.1 Å². The van der Waals surface area contributed by atoms with E-state index in [2.05, 4.69) is 27.8 Å². The molecular formula is C21H32N4O8. The zero-order chi connectivity index (χ0) is 25.2. The van der Waals surface area contributed by atoms with Crippen LogP contribution in [-0.4, -0.2) is 70.5 Å². The minimum atomic E-state index is -1.46. The maximum absolute atomic E-state index is 11.9. The van der Waals surface area contributed by atoms with Crippen molar-refractivity contribution in [2.45, 2.75) is 51.1 Å². The summed E-state index contributed by atoms with van der Waals surface area (Å²) in [6, 6.07) is -4.17. The minimum absolute atomic E-state index is 0.0471. The van der Waals surface area contributed by atoms with Crippen molar-refractivity contribution in [1.29, 1.82) is 0 Å². The lowest BCUT2D eigenvalue weighted by Gasteiger charge is -2.18. The molecule has 0 fully saturated rings. The summed E-state index contributed by atoms with van der Waals surface area (Å²) in [5.74, 6) is -3.96. The summed E-state index contributed by atoms with van der Waals surface area (Å²) in [7, 11) is 0. The van der Waals surface area contributed by atoms with Crippen LogP contribution >= 0.6 is 0 Å². The molecular weight excluding hydrogens is 436 g/mol. The highest BCUT2D eigenvalue weighted by molar-refractivity contribution is 5.86. The SMILES string of the molecule is C=C(/C=C\C=C/C)CNC(=O)NCCCC[C@H](NC(=O)N[C@@H](CCC(=O)O)C(=O)O)C(=O)O. The first-order chi connectivity index (χ1) is 15.6. The highest BCUT2D eigenvalue weighted by Crippen LogP contribution is 2.03. The number of amides is 4. The molecule has 0 heterocycles. The number of aliphatic carboxylic acids is 3. The van der Waals surface area contributed by atoms with Crippen LogP contribution < -0.4 is 21.3 Å². The van der Waals surface area contributed by atoms with Gasteiger partial charge in [0.05, 0.1) is 0 Å². The Bertz CT molecular complexity index is 763. The maximum atomic E-state index is 11.9. The lowest BCUT2D eigenvalue weighted by Crippen LogP contribution is -2.51. The quantitative estimate of drug-likeness (QED) is 0.130. The largest absolute Gasteiger partial charge is 0.481 e. The second-order valence-corrected chi connectivity index (χ2v) is 6.98. The monoisotopic (exact) mass is 468 g/mol. The van der Waals surface area contributed by atoms with Crippen molar-refractivity contribution in [1.82, 2.24) is 21.3 Å². The Balaban J connectivity index is 4.30. The summed E-state index contributed by atoms with van der Waals surface area (Å²) in [5.41, 5.74) is 0.713. The van der Waals surface area contributed by atoms with Gasteiger partial charge in [-0.1, -0.05) is 30.9 Å². The number of carbonyl (C=O) groups is 5. The van der Waals surface area contributed by atoms with Gasteiger partial charge in [0, 0.05) is 19.5 Å². The fourth-order valence-electron chi connectivity index (χ4n) is 2.43. The Morgan fingerprint density at radius 1 is 0.848 bits per heavy atom. The summed E-state index contributed by atoms with van der Waals surface area (Å²) in [5, 5.41) is 36.4. The van der Waals surface area contributed by atoms with Crippen LogP contribution in [0.25, 0.3) is 0 Å². The Hall–Kier alpha value is -3.83. The van der Waals surface area contributed by atoms with E-state index < -0.39 is 48.5 Å². The zero-order valence-electron chi connectivity index (χ0n) is 18.5. The minimum Gasteiger partial charge on any atom is -0.481 e. The first kappa shape index (κ1) is 29.2. The van der Waals surface area contributed by atoms with Gasteiger partial charge in [0.25, 0.3) is 0 Å². The van der Waals surface area contributed by atoms with E-state index in [1.54, 1.807) is 12.2 Å². The molecule has 7 N–H and O–H groups in total. The van der Waals surface area contributed by atoms with Gasteiger partial charge in [-0.3, -0.25) is 4.79 Å². The van der Waals surface area contributed by atoms with Crippen LogP contribution in [0, 0.1) is 0 Å². The van der Waals surface area contributed by atoms with Crippen LogP contribution in [0.15, 0.2) is 36.5 Å². The van der Waals surface area contributed by atoms with Gasteiger partial charge >= 0.3 is 30.0 Å². The Morgan fingerprint density at radius 3 is 2.00 bits per heavy atom. The first-order valence-electron chi connectivity index (χ1n) is 10.3. The number of nitrogens with one attached hydrogen (secondary N) is 4. The summed E-state index contributed by atoms with van der Waals surface area (Å²) in [6.07, 6.45) is 7.29. The number of hydrogen-bond acceptors (Lipinski definition) is 5. The first-order valence-corrected chi connectivity index (χ1v) is 10.3. The maximum Gasteiger partial charge on any atom is 0.326 e. The molecule has 0 rings (SSSR count). The van der Waals surface area contributed by atoms with Gasteiger partial charge in [-0.15, -0.1) is 0 Å². The third-order valence-electron chi connectivity index (χ3n) is 4.17. The van der Waals surface area contributed by atoms with E-state index in [4.69, 9.17) is 10.2 Å². The molecule has 0 aliphatic carbocycles. The highest BCUT2D eigenvalue weighted by Gasteiger charge is 2.24. The van der Waals surface area contributed by atoms with Crippen LogP contribution in [0.2, 0.25) is 0 Å². The second-order valence-electron chi connectivity index (χ2n) is 6.98. The zero-order valence-corrected chi connectivity index (χ0v) is 18.5. The van der Waals surface area contributed by atoms with Crippen molar-refractivity contribution in [3.63, 3.8) is 0 Å². The normalized spacial score (nSPS) is 12.6. The number of hydrogen-bond donors (Lipinski definition) is 7. The number of allylic oxidation sites excluding steroid dienone is 3. The van der Waals surface area contributed by atoms with Gasteiger partial charge in [-0.25, -0.2) is 19.2 Å². The molecule has 33 heavy (non-hydrogen) atoms. The summed E-state index contributed by atoms with van der Waals surface area (Å²) in [6.45, 7) is 6.22. The van der Waals surface area contributed by atoms with Crippen molar-refractivity contribution in [3.05, 3.63) is 36.5 Å². The Labute approximate surface area is 191 Å². The lowest BCUT2D eigenvalue weighted by molar-refractivity contribution is -0.140. The van der Waals surface area contributed by atoms with Crippen LogP contribution in [-0.2, 0) is 14.4 Å². The van der Waals surface area contributed by atoms with E-state index in [-0.39, 0.29) is 25.9 Å². The fourth-order valence-corrected chi connectivity index (χ4v) is 2.43. The highest BCUT2D eigenvalue weighted by atomic mass is 16.4. The topological polar surface area (TPSA) is 194 Å². The Kier molecular flexibility index (Phi) is 14.9. The molecule has 12 nitrogen and oxygen atoms in total. The third kappa shape index (κ3) is 15.6. The molecule has 0 aromatic heterocycles. The molecule has 0 aromatic rings. The van der Waals surface area contributed by atoms with E-state index in [1.165, 1.54) is 0 Å². The van der Waals surface area contributed by atoms with Gasteiger partial charge in [0.15, 0.2) is 0 Å². The smallest absolute Gasteiger partial charge is 0.326 e. The second kappa shape index (κ2) is 16.8. The number of unbranched alkanes of at least 4 members (excludes halogenated alkanes) is 1. The number of carboxylic acids is 3. The van der Waals surface area contributed by atoms with Gasteiger partial charge in [-0.05, 0) is 38.2 Å². The van der Waals surface area contributed by atoms with Crippen LogP contribution in [0.4, 0.5) is 9.59 Å². The molecule has 0 saturated heterocycles. The van der Waals surface area contributed by atoms with Crippen LogP contribution in [0.3, 0.4) is 0 Å². The summed E-state index contributed by atoms with van der Waals surface area (Å²) in [4.78, 5) is 56.7. The van der Waals surface area contributed by atoms with Crippen LogP contribution in [0.5, 0.6) is 0 Å². The third-order valence-corrected chi connectivity index (χ3v) is 4.17. The molecule has 0 aromatic carbocycles. The number of rotatable bonds is 16. The van der Waals surface area contributed by atoms with Gasteiger partial charge in [0.2, 0.25) is 0 Å². The standard InChI is InChI=1S/C21H32N4O8/c1-3-4-5-8-14(2)13-23-20(32)22-12-7-6-9-15(18(28)29)24-21(33)25-16(19(30)31)10-11-17(26)27/h3-5,8,15-16H,2,6-7,9-13H2,1H3,(H,26,27)(H,28,29)(H,30,31)(H2,22,23,32)(H2,24,25,33)/b4-3-,8-5-/t15-,16-/m0/s1. The molecule has 0 bridgehead atoms. The average molecular weight is 469 g/mol. The molecule has 184 valence electrons. The molecule has 0 spiro atoms. The Morgan fingerprint density at radius 2 is 1.45 bits per heavy atom. The van der Waals surface area contributed by atoms with Crippen molar-refractivity contribution >= 4 is 30.0 Å². The van der Waals surface area contributed by atoms with Crippen molar-refractivity contribution < 1.29 is 39.3 Å². The lowest BCUT2D eigenvalue weighted by atomic mass is 10.1. The molecule has 0 unspecified atom stereocenters. The predicted molar refractivity (Wildman–Crippen MR) is 120 cm³/mol. The number of carboxylic acid groups (broad SMARTS) is 3.